The standard InChI is InChI=1S/2C8H16O2/c1-5-6-7(9)10-8(2,3)4;1-3-5-7-10-8(9)6-4-2/h5-6H2,1-4H3;3-7H2,1-2H3. The van der Waals surface area contributed by atoms with Crippen LogP contribution in [-0.2, 0) is 19.1 Å². The maximum Gasteiger partial charge on any atom is 0.306 e. The molecule has 4 heteroatoms. The maximum absolute atomic E-state index is 10.8. The molecule has 0 aromatic rings. The molecule has 0 rings (SSSR count). The quantitative estimate of drug-likeness (QED) is 0.519. The van der Waals surface area contributed by atoms with Crippen LogP contribution in [0, 0.1) is 0 Å². The molecule has 0 heterocycles. The van der Waals surface area contributed by atoms with Gasteiger partial charge in [-0.05, 0) is 40.0 Å². The molecule has 4 nitrogen and oxygen atoms in total. The number of hydrogen-bond donors (Lipinski definition) is 0. The van der Waals surface area contributed by atoms with Crippen LogP contribution < -0.4 is 0 Å². The Morgan fingerprint density at radius 1 is 0.850 bits per heavy atom. The molecule has 0 aliphatic rings. The Balaban J connectivity index is 0. The van der Waals surface area contributed by atoms with Gasteiger partial charge in [0.05, 0.1) is 6.61 Å². The fraction of sp³-hybridized carbons (Fsp3) is 0.875. The highest BCUT2D eigenvalue weighted by atomic mass is 16.6. The molecule has 0 bridgehead atoms. The zero-order valence-corrected chi connectivity index (χ0v) is 14.1. The minimum absolute atomic E-state index is 0.0593. The summed E-state index contributed by atoms with van der Waals surface area (Å²) in [6, 6.07) is 0. The van der Waals surface area contributed by atoms with Crippen LogP contribution in [0.1, 0.15) is 80.1 Å². The van der Waals surface area contributed by atoms with Crippen molar-refractivity contribution in [2.75, 3.05) is 6.61 Å². The first-order chi connectivity index (χ1) is 9.26. The van der Waals surface area contributed by atoms with Crippen LogP contribution in [0.2, 0.25) is 0 Å². The molecule has 0 radical (unpaired) electrons. The van der Waals surface area contributed by atoms with Gasteiger partial charge in [-0.1, -0.05) is 27.2 Å². The van der Waals surface area contributed by atoms with Gasteiger partial charge in [-0.3, -0.25) is 9.59 Å². The molecule has 0 aromatic carbocycles. The summed E-state index contributed by atoms with van der Waals surface area (Å²) in [7, 11) is 0. The number of carbonyl (C=O) groups is 2. The van der Waals surface area contributed by atoms with Crippen LogP contribution in [0.5, 0.6) is 0 Å². The topological polar surface area (TPSA) is 52.6 Å². The van der Waals surface area contributed by atoms with E-state index in [1.165, 1.54) is 0 Å². The first-order valence-electron chi connectivity index (χ1n) is 7.64. The van der Waals surface area contributed by atoms with E-state index in [0.29, 0.717) is 19.4 Å². The van der Waals surface area contributed by atoms with Gasteiger partial charge in [0.1, 0.15) is 5.60 Å². The first kappa shape index (κ1) is 21.2. The van der Waals surface area contributed by atoms with Crippen molar-refractivity contribution in [3.8, 4) is 0 Å². The Bertz CT molecular complexity index is 254. The fourth-order valence-electron chi connectivity index (χ4n) is 1.20. The van der Waals surface area contributed by atoms with E-state index in [1.54, 1.807) is 0 Å². The van der Waals surface area contributed by atoms with Crippen LogP contribution >= 0.6 is 0 Å². The van der Waals surface area contributed by atoms with Gasteiger partial charge in [0.15, 0.2) is 0 Å². The largest absolute Gasteiger partial charge is 0.466 e. The van der Waals surface area contributed by atoms with Crippen LogP contribution in [0.25, 0.3) is 0 Å². The second-order valence-electron chi connectivity index (χ2n) is 5.66. The van der Waals surface area contributed by atoms with E-state index in [2.05, 4.69) is 6.92 Å². The Hall–Kier alpha value is -1.06. The van der Waals surface area contributed by atoms with Crippen molar-refractivity contribution in [3.63, 3.8) is 0 Å². The monoisotopic (exact) mass is 288 g/mol. The lowest BCUT2D eigenvalue weighted by molar-refractivity contribution is -0.154. The zero-order valence-electron chi connectivity index (χ0n) is 14.1. The van der Waals surface area contributed by atoms with E-state index in [-0.39, 0.29) is 17.5 Å². The van der Waals surface area contributed by atoms with E-state index in [0.717, 1.165) is 25.7 Å². The van der Waals surface area contributed by atoms with Gasteiger partial charge in [-0.2, -0.15) is 0 Å². The third-order valence-electron chi connectivity index (χ3n) is 2.09. The summed E-state index contributed by atoms with van der Waals surface area (Å²) in [6.07, 6.45) is 4.88. The molecule has 0 fully saturated rings. The SMILES string of the molecule is CCCC(=O)OC(C)(C)C.CCCCOC(=O)CCC. The minimum Gasteiger partial charge on any atom is -0.466 e. The lowest BCUT2D eigenvalue weighted by Gasteiger charge is -2.18. The van der Waals surface area contributed by atoms with Crippen molar-refractivity contribution in [1.29, 1.82) is 0 Å². The van der Waals surface area contributed by atoms with Crippen LogP contribution in [0.15, 0.2) is 0 Å². The van der Waals surface area contributed by atoms with Gasteiger partial charge in [0.2, 0.25) is 0 Å². The predicted molar refractivity (Wildman–Crippen MR) is 81.5 cm³/mol. The molecule has 0 amide bonds. The predicted octanol–water partition coefficient (Wildman–Crippen LogP) is 4.26. The molecule has 0 aromatic heterocycles. The Morgan fingerprint density at radius 3 is 1.75 bits per heavy atom. The summed E-state index contributed by atoms with van der Waals surface area (Å²) in [4.78, 5) is 21.5. The highest BCUT2D eigenvalue weighted by Gasteiger charge is 2.14. The van der Waals surface area contributed by atoms with E-state index >= 15 is 0 Å². The number of esters is 2. The lowest BCUT2D eigenvalue weighted by atomic mass is 10.2. The molecular formula is C16H32O4. The summed E-state index contributed by atoms with van der Waals surface area (Å²) in [5, 5.41) is 0. The number of rotatable bonds is 7. The smallest absolute Gasteiger partial charge is 0.306 e. The molecular weight excluding hydrogens is 256 g/mol. The Labute approximate surface area is 124 Å². The third kappa shape index (κ3) is 19.3. The van der Waals surface area contributed by atoms with Gasteiger partial charge in [0, 0.05) is 12.8 Å². The van der Waals surface area contributed by atoms with E-state index in [1.807, 2.05) is 34.6 Å². The highest BCUT2D eigenvalue weighted by Crippen LogP contribution is 2.08. The van der Waals surface area contributed by atoms with Crippen molar-refractivity contribution in [2.45, 2.75) is 85.7 Å². The highest BCUT2D eigenvalue weighted by molar-refractivity contribution is 5.69. The minimum atomic E-state index is -0.327. The molecule has 120 valence electrons. The van der Waals surface area contributed by atoms with Crippen molar-refractivity contribution >= 4 is 11.9 Å². The second kappa shape index (κ2) is 12.9. The van der Waals surface area contributed by atoms with Crippen molar-refractivity contribution in [3.05, 3.63) is 0 Å². The molecule has 0 aliphatic heterocycles. The normalized spacial score (nSPS) is 10.3. The summed E-state index contributed by atoms with van der Waals surface area (Å²) in [5.74, 6) is -0.161. The van der Waals surface area contributed by atoms with Crippen molar-refractivity contribution in [2.24, 2.45) is 0 Å². The molecule has 0 saturated heterocycles. The van der Waals surface area contributed by atoms with Gasteiger partial charge in [-0.15, -0.1) is 0 Å². The molecule has 0 N–H and O–H groups in total. The Kier molecular flexibility index (Phi) is 13.8. The molecule has 0 unspecified atom stereocenters. The summed E-state index contributed by atoms with van der Waals surface area (Å²) >= 11 is 0. The lowest BCUT2D eigenvalue weighted by Crippen LogP contribution is -2.23. The van der Waals surface area contributed by atoms with E-state index in [4.69, 9.17) is 9.47 Å². The molecule has 20 heavy (non-hydrogen) atoms. The zero-order chi connectivity index (χ0) is 16.0. The van der Waals surface area contributed by atoms with Gasteiger partial charge >= 0.3 is 11.9 Å². The number of unbranched alkanes of at least 4 members (excludes halogenated alkanes) is 1. The molecule has 0 spiro atoms. The van der Waals surface area contributed by atoms with Gasteiger partial charge < -0.3 is 9.47 Å². The number of ether oxygens (including phenoxy) is 2. The molecule has 0 atom stereocenters. The molecule has 0 aliphatic carbocycles. The molecule has 0 saturated carbocycles. The van der Waals surface area contributed by atoms with Crippen molar-refractivity contribution < 1.29 is 19.1 Å². The summed E-state index contributed by atoms with van der Waals surface area (Å²) < 4.78 is 9.92. The van der Waals surface area contributed by atoms with Crippen molar-refractivity contribution in [1.82, 2.24) is 0 Å². The third-order valence-corrected chi connectivity index (χ3v) is 2.09. The van der Waals surface area contributed by atoms with E-state index < -0.39 is 0 Å². The second-order valence-corrected chi connectivity index (χ2v) is 5.66. The first-order valence-corrected chi connectivity index (χ1v) is 7.64. The van der Waals surface area contributed by atoms with Gasteiger partial charge in [-0.25, -0.2) is 0 Å². The summed E-state index contributed by atoms with van der Waals surface area (Å²) in [6.45, 7) is 12.2. The maximum atomic E-state index is 10.8. The fourth-order valence-corrected chi connectivity index (χ4v) is 1.20. The number of carbonyl (C=O) groups excluding carboxylic acids is 2. The van der Waals surface area contributed by atoms with Crippen LogP contribution in [0.3, 0.4) is 0 Å². The van der Waals surface area contributed by atoms with Gasteiger partial charge in [0.25, 0.3) is 0 Å². The van der Waals surface area contributed by atoms with Crippen LogP contribution in [-0.4, -0.2) is 24.1 Å². The number of hydrogen-bond acceptors (Lipinski definition) is 4. The van der Waals surface area contributed by atoms with E-state index in [9.17, 15) is 9.59 Å². The summed E-state index contributed by atoms with van der Waals surface area (Å²) in [5.41, 5.74) is -0.327. The van der Waals surface area contributed by atoms with Crippen LogP contribution in [0.4, 0.5) is 0 Å². The Morgan fingerprint density at radius 2 is 1.35 bits per heavy atom. The average molecular weight is 288 g/mol. The average Bonchev–Trinajstić information content (AvgIpc) is 2.28.